The first-order valence-corrected chi connectivity index (χ1v) is 13.0. The highest BCUT2D eigenvalue weighted by atomic mass is 32.2. The number of carbonyl (C=O) groups excluding carboxylic acids is 1. The number of benzene rings is 2. The molecule has 35 heavy (non-hydrogen) atoms. The summed E-state index contributed by atoms with van der Waals surface area (Å²) in [6.07, 6.45) is 1.56. The lowest BCUT2D eigenvalue weighted by Crippen LogP contribution is -2.16. The highest BCUT2D eigenvalue weighted by molar-refractivity contribution is 7.92. The number of nitrogens with one attached hydrogen (secondary N) is 2. The van der Waals surface area contributed by atoms with E-state index in [0.29, 0.717) is 28.5 Å². The van der Waals surface area contributed by atoms with E-state index in [2.05, 4.69) is 20.6 Å². The first-order chi connectivity index (χ1) is 16.4. The van der Waals surface area contributed by atoms with Crippen LogP contribution in [0.5, 0.6) is 5.75 Å². The Morgan fingerprint density at radius 3 is 2.29 bits per heavy atom. The number of Topliss-reactive ketones (excluding diaryl/α,β-unsaturated/α-hetero) is 1. The van der Waals surface area contributed by atoms with Crippen molar-refractivity contribution in [3.63, 3.8) is 0 Å². The van der Waals surface area contributed by atoms with Crippen LogP contribution in [0.15, 0.2) is 47.5 Å². The number of hydrogen-bond acceptors (Lipinski definition) is 8. The molecule has 0 aliphatic heterocycles. The van der Waals surface area contributed by atoms with Gasteiger partial charge in [0.25, 0.3) is 0 Å². The third kappa shape index (κ3) is 5.97. The Balaban J connectivity index is 2.01. The van der Waals surface area contributed by atoms with Crippen LogP contribution in [0.4, 0.5) is 23.1 Å². The number of hydrogen-bond donors (Lipinski definition) is 2. The Hall–Kier alpha value is -3.46. The Kier molecular flexibility index (Phi) is 7.80. The summed E-state index contributed by atoms with van der Waals surface area (Å²) in [4.78, 5) is 21.3. The van der Waals surface area contributed by atoms with E-state index in [9.17, 15) is 13.2 Å². The van der Waals surface area contributed by atoms with Crippen molar-refractivity contribution in [1.29, 1.82) is 0 Å². The van der Waals surface area contributed by atoms with Gasteiger partial charge in [-0.2, -0.15) is 4.98 Å². The summed E-state index contributed by atoms with van der Waals surface area (Å²) in [5.74, 6) is 1.25. The zero-order valence-corrected chi connectivity index (χ0v) is 21.9. The molecule has 2 N–H and O–H groups in total. The van der Waals surface area contributed by atoms with Gasteiger partial charge < -0.3 is 15.4 Å². The van der Waals surface area contributed by atoms with Gasteiger partial charge >= 0.3 is 0 Å². The molecule has 9 heteroatoms. The third-order valence-electron chi connectivity index (χ3n) is 5.35. The summed E-state index contributed by atoms with van der Waals surface area (Å²) in [5, 5.41) is 5.75. The van der Waals surface area contributed by atoms with Gasteiger partial charge in [-0.1, -0.05) is 12.1 Å². The zero-order valence-electron chi connectivity index (χ0n) is 21.1. The number of nitrogens with zero attached hydrogens (tertiary/aromatic N) is 2. The van der Waals surface area contributed by atoms with Crippen molar-refractivity contribution in [1.82, 2.24) is 9.97 Å². The van der Waals surface area contributed by atoms with Crippen molar-refractivity contribution < 1.29 is 17.9 Å². The second kappa shape index (κ2) is 10.4. The molecule has 0 amide bonds. The molecular formula is C26H32N4O4S. The van der Waals surface area contributed by atoms with E-state index in [4.69, 9.17) is 4.74 Å². The number of aryl methyl sites for hydroxylation is 2. The highest BCUT2D eigenvalue weighted by Gasteiger charge is 2.23. The van der Waals surface area contributed by atoms with Crippen LogP contribution in [0.3, 0.4) is 0 Å². The molecule has 0 radical (unpaired) electrons. The van der Waals surface area contributed by atoms with E-state index in [-0.39, 0.29) is 22.7 Å². The molecule has 1 aromatic heterocycles. The molecule has 0 aliphatic carbocycles. The van der Waals surface area contributed by atoms with Crippen molar-refractivity contribution >= 4 is 38.8 Å². The van der Waals surface area contributed by atoms with Crippen LogP contribution in [-0.2, 0) is 9.84 Å². The number of rotatable bonds is 9. The maximum atomic E-state index is 12.8. The number of ketones is 1. The molecule has 0 spiro atoms. The standard InChI is InChI=1S/C26H32N4O4S/c1-15(2)34-23-12-17(5)20(19(7)31)13-22(23)29-26-27-14-18(6)25(30-26)28-21-10-8-9-11-24(21)35(32,33)16(3)4/h8-16H,1-7H3,(H2,27,28,29,30). The number of sulfone groups is 1. The first kappa shape index (κ1) is 26.2. The molecule has 0 atom stereocenters. The van der Waals surface area contributed by atoms with Gasteiger partial charge in [0, 0.05) is 17.3 Å². The minimum Gasteiger partial charge on any atom is -0.489 e. The van der Waals surface area contributed by atoms with Crippen LogP contribution in [-0.4, -0.2) is 35.5 Å². The summed E-state index contributed by atoms with van der Waals surface area (Å²) in [7, 11) is -3.50. The lowest BCUT2D eigenvalue weighted by molar-refractivity contribution is 0.101. The molecule has 2 aromatic carbocycles. The fourth-order valence-corrected chi connectivity index (χ4v) is 4.66. The molecule has 3 rings (SSSR count). The van der Waals surface area contributed by atoms with Gasteiger partial charge in [-0.15, -0.1) is 0 Å². The second-order valence-electron chi connectivity index (χ2n) is 8.95. The predicted molar refractivity (Wildman–Crippen MR) is 139 cm³/mol. The highest BCUT2D eigenvalue weighted by Crippen LogP contribution is 2.33. The van der Waals surface area contributed by atoms with Gasteiger partial charge in [0.05, 0.1) is 27.6 Å². The van der Waals surface area contributed by atoms with Crippen molar-refractivity contribution in [2.24, 2.45) is 0 Å². The van der Waals surface area contributed by atoms with Crippen LogP contribution in [0.2, 0.25) is 0 Å². The van der Waals surface area contributed by atoms with E-state index in [1.807, 2.05) is 33.8 Å². The van der Waals surface area contributed by atoms with Crippen LogP contribution in [0.25, 0.3) is 0 Å². The summed E-state index contributed by atoms with van der Waals surface area (Å²) >= 11 is 0. The van der Waals surface area contributed by atoms with Crippen LogP contribution in [0.1, 0.15) is 56.1 Å². The van der Waals surface area contributed by atoms with Gasteiger partial charge in [-0.25, -0.2) is 13.4 Å². The van der Waals surface area contributed by atoms with Gasteiger partial charge in [0.2, 0.25) is 5.95 Å². The quantitative estimate of drug-likeness (QED) is 0.360. The Bertz CT molecular complexity index is 1350. The third-order valence-corrected chi connectivity index (χ3v) is 7.56. The smallest absolute Gasteiger partial charge is 0.229 e. The molecule has 1 heterocycles. The van der Waals surface area contributed by atoms with E-state index >= 15 is 0 Å². The van der Waals surface area contributed by atoms with Gasteiger partial charge in [0.1, 0.15) is 11.6 Å². The number of aromatic nitrogens is 2. The lowest BCUT2D eigenvalue weighted by atomic mass is 10.0. The number of para-hydroxylation sites is 1. The SMILES string of the molecule is CC(=O)c1cc(Nc2ncc(C)c(Nc3ccccc3S(=O)(=O)C(C)C)n2)c(OC(C)C)cc1C. The van der Waals surface area contributed by atoms with Crippen LogP contribution in [0, 0.1) is 13.8 Å². The van der Waals surface area contributed by atoms with E-state index in [1.165, 1.54) is 6.92 Å². The monoisotopic (exact) mass is 496 g/mol. The molecule has 0 unspecified atom stereocenters. The van der Waals surface area contributed by atoms with Crippen molar-refractivity contribution in [2.45, 2.75) is 64.7 Å². The molecule has 8 nitrogen and oxygen atoms in total. The lowest BCUT2D eigenvalue weighted by Gasteiger charge is -2.18. The van der Waals surface area contributed by atoms with Crippen molar-refractivity contribution in [3.05, 3.63) is 59.3 Å². The average Bonchev–Trinajstić information content (AvgIpc) is 2.77. The number of ether oxygens (including phenoxy) is 1. The molecule has 0 aliphatic rings. The Labute approximate surface area is 207 Å². The summed E-state index contributed by atoms with van der Waals surface area (Å²) in [6, 6.07) is 10.3. The maximum Gasteiger partial charge on any atom is 0.229 e. The van der Waals surface area contributed by atoms with Gasteiger partial charge in [0.15, 0.2) is 15.6 Å². The summed E-state index contributed by atoms with van der Waals surface area (Å²) in [6.45, 7) is 12.4. The minimum atomic E-state index is -3.50. The topological polar surface area (TPSA) is 110 Å². The second-order valence-corrected chi connectivity index (χ2v) is 11.4. The minimum absolute atomic E-state index is 0.0585. The normalized spacial score (nSPS) is 11.6. The van der Waals surface area contributed by atoms with Gasteiger partial charge in [-0.05, 0) is 78.3 Å². The summed E-state index contributed by atoms with van der Waals surface area (Å²) < 4.78 is 31.6. The molecule has 3 aromatic rings. The maximum absolute atomic E-state index is 12.8. The van der Waals surface area contributed by atoms with Crippen molar-refractivity contribution in [3.8, 4) is 5.75 Å². The van der Waals surface area contributed by atoms with Crippen LogP contribution < -0.4 is 15.4 Å². The number of carbonyl (C=O) groups is 1. The Morgan fingerprint density at radius 2 is 1.66 bits per heavy atom. The van der Waals surface area contributed by atoms with E-state index < -0.39 is 15.1 Å². The Morgan fingerprint density at radius 1 is 0.971 bits per heavy atom. The van der Waals surface area contributed by atoms with E-state index in [1.54, 1.807) is 50.4 Å². The average molecular weight is 497 g/mol. The predicted octanol–water partition coefficient (Wildman–Crippen LogP) is 5.75. The molecule has 186 valence electrons. The number of anilines is 4. The fraction of sp³-hybridized carbons (Fsp3) is 0.346. The van der Waals surface area contributed by atoms with E-state index in [0.717, 1.165) is 11.1 Å². The fourth-order valence-electron chi connectivity index (χ4n) is 3.46. The van der Waals surface area contributed by atoms with Crippen LogP contribution >= 0.6 is 0 Å². The molecule has 0 fully saturated rings. The molecule has 0 saturated heterocycles. The van der Waals surface area contributed by atoms with Crippen molar-refractivity contribution in [2.75, 3.05) is 10.6 Å². The molecular weight excluding hydrogens is 464 g/mol. The molecule has 0 bridgehead atoms. The zero-order chi connectivity index (χ0) is 25.9. The van der Waals surface area contributed by atoms with Gasteiger partial charge in [-0.3, -0.25) is 4.79 Å². The largest absolute Gasteiger partial charge is 0.489 e. The summed E-state index contributed by atoms with van der Waals surface area (Å²) in [5.41, 5.74) is 3.12. The first-order valence-electron chi connectivity index (χ1n) is 11.4. The molecule has 0 saturated carbocycles.